The number of methoxy groups -OCH3 is 2. The molecular weight excluding hydrogens is 506 g/mol. The van der Waals surface area contributed by atoms with E-state index in [2.05, 4.69) is 20.7 Å². The molecule has 0 spiro atoms. The van der Waals surface area contributed by atoms with Gasteiger partial charge in [0.1, 0.15) is 36.2 Å². The van der Waals surface area contributed by atoms with E-state index in [1.54, 1.807) is 30.0 Å². The molecule has 2 heterocycles. The van der Waals surface area contributed by atoms with Crippen LogP contribution in [0.3, 0.4) is 0 Å². The predicted octanol–water partition coefficient (Wildman–Crippen LogP) is 5.46. The van der Waals surface area contributed by atoms with Gasteiger partial charge in [0.15, 0.2) is 0 Å². The zero-order valence-electron chi connectivity index (χ0n) is 21.1. The summed E-state index contributed by atoms with van der Waals surface area (Å²) in [7, 11) is 3.11. The number of allylic oxidation sites excluding steroid dienone is 1. The second-order valence-electron chi connectivity index (χ2n) is 8.60. The Labute approximate surface area is 225 Å². The molecule has 1 aromatic heterocycles. The van der Waals surface area contributed by atoms with E-state index in [0.717, 1.165) is 11.1 Å². The maximum absolute atomic E-state index is 13.7. The molecule has 0 bridgehead atoms. The van der Waals surface area contributed by atoms with Crippen LogP contribution in [0, 0.1) is 0 Å². The molecule has 1 aliphatic rings. The molecule has 10 heteroatoms. The monoisotopic (exact) mass is 531 g/mol. The second kappa shape index (κ2) is 10.9. The Bertz CT molecular complexity index is 1500. The van der Waals surface area contributed by atoms with Crippen molar-refractivity contribution in [1.82, 2.24) is 14.8 Å². The molecule has 5 rings (SSSR count). The number of ether oxygens (including phenoxy) is 3. The number of aromatic nitrogens is 3. The van der Waals surface area contributed by atoms with Crippen molar-refractivity contribution in [2.75, 3.05) is 24.9 Å². The lowest BCUT2D eigenvalue weighted by Crippen LogP contribution is -2.31. The third-order valence-electron chi connectivity index (χ3n) is 6.19. The van der Waals surface area contributed by atoms with Crippen molar-refractivity contribution in [1.29, 1.82) is 0 Å². The zero-order chi connectivity index (χ0) is 26.6. The van der Waals surface area contributed by atoms with Crippen LogP contribution in [0.2, 0.25) is 5.02 Å². The lowest BCUT2D eigenvalue weighted by Gasteiger charge is -2.29. The van der Waals surface area contributed by atoms with E-state index in [-0.39, 0.29) is 5.91 Å². The predicted molar refractivity (Wildman–Crippen MR) is 145 cm³/mol. The molecule has 2 N–H and O–H groups in total. The smallest absolute Gasteiger partial charge is 0.255 e. The van der Waals surface area contributed by atoms with E-state index >= 15 is 0 Å². The van der Waals surface area contributed by atoms with Crippen LogP contribution >= 0.6 is 11.6 Å². The summed E-state index contributed by atoms with van der Waals surface area (Å²) in [4.78, 5) is 18.1. The molecule has 3 aromatic carbocycles. The number of anilines is 2. The number of hydrogen-bond acceptors (Lipinski definition) is 7. The average molecular weight is 532 g/mol. The molecule has 0 radical (unpaired) electrons. The first-order valence-corrected chi connectivity index (χ1v) is 12.2. The van der Waals surface area contributed by atoms with Crippen molar-refractivity contribution in [3.63, 3.8) is 0 Å². The number of halogens is 1. The van der Waals surface area contributed by atoms with Crippen molar-refractivity contribution in [2.24, 2.45) is 0 Å². The number of amides is 1. The summed E-state index contributed by atoms with van der Waals surface area (Å²) in [5.41, 5.74) is 3.47. The van der Waals surface area contributed by atoms with Gasteiger partial charge < -0.3 is 24.8 Å². The van der Waals surface area contributed by atoms with Crippen LogP contribution in [0.4, 0.5) is 11.6 Å². The first kappa shape index (κ1) is 25.2. The van der Waals surface area contributed by atoms with Gasteiger partial charge in [0.2, 0.25) is 5.95 Å². The normalized spacial score (nSPS) is 14.4. The van der Waals surface area contributed by atoms with Gasteiger partial charge >= 0.3 is 0 Å². The van der Waals surface area contributed by atoms with Gasteiger partial charge in [-0.25, -0.2) is 4.68 Å². The van der Waals surface area contributed by atoms with E-state index in [1.807, 2.05) is 55.5 Å². The molecule has 0 fully saturated rings. The Morgan fingerprint density at radius 2 is 1.87 bits per heavy atom. The van der Waals surface area contributed by atoms with Crippen LogP contribution in [0.15, 0.2) is 84.3 Å². The molecule has 0 aliphatic carbocycles. The summed E-state index contributed by atoms with van der Waals surface area (Å²) in [6, 6.07) is 19.8. The highest BCUT2D eigenvalue weighted by molar-refractivity contribution is 6.30. The molecule has 1 atom stereocenters. The summed E-state index contributed by atoms with van der Waals surface area (Å²) in [6.07, 6.45) is 1.46. The first-order chi connectivity index (χ1) is 18.5. The van der Waals surface area contributed by atoms with Crippen molar-refractivity contribution < 1.29 is 19.0 Å². The maximum Gasteiger partial charge on any atom is 0.255 e. The van der Waals surface area contributed by atoms with E-state index in [9.17, 15) is 4.79 Å². The fourth-order valence-electron chi connectivity index (χ4n) is 4.31. The van der Waals surface area contributed by atoms with Crippen LogP contribution in [0.1, 0.15) is 24.1 Å². The summed E-state index contributed by atoms with van der Waals surface area (Å²) in [6.45, 7) is 2.22. The highest BCUT2D eigenvalue weighted by atomic mass is 35.5. The number of carbonyl (C=O) groups excluding carboxylic acids is 1. The second-order valence-corrected chi connectivity index (χ2v) is 9.04. The molecule has 194 valence electrons. The van der Waals surface area contributed by atoms with Crippen LogP contribution in [0.25, 0.3) is 0 Å². The third kappa shape index (κ3) is 5.14. The summed E-state index contributed by atoms with van der Waals surface area (Å²) in [5, 5.41) is 11.2. The van der Waals surface area contributed by atoms with Gasteiger partial charge in [0.25, 0.3) is 5.91 Å². The van der Waals surface area contributed by atoms with Crippen molar-refractivity contribution in [3.05, 3.63) is 100 Å². The van der Waals surface area contributed by atoms with Gasteiger partial charge in [-0.3, -0.25) is 4.79 Å². The Kier molecular flexibility index (Phi) is 7.19. The Morgan fingerprint density at radius 1 is 1.05 bits per heavy atom. The summed E-state index contributed by atoms with van der Waals surface area (Å²) >= 11 is 5.99. The zero-order valence-corrected chi connectivity index (χ0v) is 21.8. The first-order valence-electron chi connectivity index (χ1n) is 11.8. The maximum atomic E-state index is 13.7. The van der Waals surface area contributed by atoms with E-state index in [0.29, 0.717) is 51.8 Å². The van der Waals surface area contributed by atoms with Gasteiger partial charge in [-0.1, -0.05) is 35.9 Å². The number of benzene rings is 3. The molecule has 0 saturated heterocycles. The van der Waals surface area contributed by atoms with Gasteiger partial charge in [-0.2, -0.15) is 10.1 Å². The molecule has 1 aliphatic heterocycles. The fourth-order valence-corrected chi connectivity index (χ4v) is 4.43. The summed E-state index contributed by atoms with van der Waals surface area (Å²) in [5.74, 6) is 1.99. The number of hydrogen-bond donors (Lipinski definition) is 2. The number of nitrogens with one attached hydrogen (secondary N) is 2. The molecule has 1 amide bonds. The highest BCUT2D eigenvalue weighted by Crippen LogP contribution is 2.37. The van der Waals surface area contributed by atoms with Crippen LogP contribution in [0.5, 0.6) is 17.2 Å². The van der Waals surface area contributed by atoms with Gasteiger partial charge in [-0.05, 0) is 54.4 Å². The Hall–Kier alpha value is -4.50. The minimum absolute atomic E-state index is 0.308. The van der Waals surface area contributed by atoms with E-state index in [1.165, 1.54) is 13.4 Å². The van der Waals surface area contributed by atoms with Gasteiger partial charge in [0, 0.05) is 16.8 Å². The SMILES string of the molecule is COc1ccc(NC(=O)C2=C(C)Nc3ncnn3[C@H]2c2cccc(OCc3ccc(Cl)cc3)c2)c(OC)c1. The summed E-state index contributed by atoms with van der Waals surface area (Å²) < 4.78 is 18.5. The van der Waals surface area contributed by atoms with Crippen LogP contribution in [-0.2, 0) is 11.4 Å². The largest absolute Gasteiger partial charge is 0.497 e. The van der Waals surface area contributed by atoms with Gasteiger partial charge in [-0.15, -0.1) is 0 Å². The lowest BCUT2D eigenvalue weighted by atomic mass is 9.94. The molecule has 38 heavy (non-hydrogen) atoms. The van der Waals surface area contributed by atoms with Crippen LogP contribution in [-0.4, -0.2) is 34.9 Å². The van der Waals surface area contributed by atoms with Crippen molar-refractivity contribution in [3.8, 4) is 17.2 Å². The fraction of sp³-hybridized carbons (Fsp3) is 0.179. The number of fused-ring (bicyclic) bond motifs is 1. The Morgan fingerprint density at radius 3 is 2.63 bits per heavy atom. The van der Waals surface area contributed by atoms with E-state index in [4.69, 9.17) is 25.8 Å². The number of rotatable bonds is 8. The minimum Gasteiger partial charge on any atom is -0.497 e. The molecule has 4 aromatic rings. The molecular formula is C28H26ClN5O4. The van der Waals surface area contributed by atoms with Crippen LogP contribution < -0.4 is 24.8 Å². The standard InChI is InChI=1S/C28H26ClN5O4/c1-17-25(27(35)33-23-12-11-21(36-2)14-24(23)37-3)26(34-28(32-17)30-16-31-34)19-5-4-6-22(13-19)38-15-18-7-9-20(29)10-8-18/h4-14,16,26H,15H2,1-3H3,(H,33,35)(H,30,31,32)/t26-/m0/s1. The highest BCUT2D eigenvalue weighted by Gasteiger charge is 2.34. The molecule has 9 nitrogen and oxygen atoms in total. The third-order valence-corrected chi connectivity index (χ3v) is 6.44. The van der Waals surface area contributed by atoms with Crippen molar-refractivity contribution >= 4 is 29.1 Å². The average Bonchev–Trinajstić information content (AvgIpc) is 3.40. The topological polar surface area (TPSA) is 99.5 Å². The lowest BCUT2D eigenvalue weighted by molar-refractivity contribution is -0.113. The quantitative estimate of drug-likeness (QED) is 0.311. The number of carbonyl (C=O) groups is 1. The van der Waals surface area contributed by atoms with E-state index < -0.39 is 6.04 Å². The molecule has 0 unspecified atom stereocenters. The minimum atomic E-state index is -0.544. The number of nitrogens with zero attached hydrogens (tertiary/aromatic N) is 3. The van der Waals surface area contributed by atoms with Gasteiger partial charge in [0.05, 0.1) is 25.5 Å². The Balaban J connectivity index is 1.46. The van der Waals surface area contributed by atoms with Crippen molar-refractivity contribution in [2.45, 2.75) is 19.6 Å². The molecule has 0 saturated carbocycles.